The Hall–Kier alpha value is -0.170. The van der Waals surface area contributed by atoms with Crippen LogP contribution in [0.25, 0.3) is 0 Å². The normalized spacial score (nSPS) is 41.6. The van der Waals surface area contributed by atoms with E-state index in [2.05, 4.69) is 12.2 Å². The summed E-state index contributed by atoms with van der Waals surface area (Å²) >= 11 is 0. The van der Waals surface area contributed by atoms with E-state index >= 15 is 0 Å². The summed E-state index contributed by atoms with van der Waals surface area (Å²) in [7, 11) is -3.26. The van der Waals surface area contributed by atoms with E-state index in [1.165, 1.54) is 0 Å². The number of rotatable bonds is 2. The van der Waals surface area contributed by atoms with Gasteiger partial charge in [0.05, 0.1) is 0 Å². The second kappa shape index (κ2) is 4.98. The van der Waals surface area contributed by atoms with Gasteiger partial charge in [0.1, 0.15) is 0 Å². The van der Waals surface area contributed by atoms with E-state index in [4.69, 9.17) is 0 Å². The van der Waals surface area contributed by atoms with E-state index in [1.54, 1.807) is 8.61 Å². The highest BCUT2D eigenvalue weighted by atomic mass is 32.2. The van der Waals surface area contributed by atoms with Crippen molar-refractivity contribution in [2.45, 2.75) is 45.2 Å². The van der Waals surface area contributed by atoms with E-state index in [1.807, 2.05) is 6.92 Å². The van der Waals surface area contributed by atoms with Gasteiger partial charge in [-0.05, 0) is 51.6 Å². The fourth-order valence-corrected chi connectivity index (χ4v) is 6.13. The second-order valence-corrected chi connectivity index (χ2v) is 8.19. The lowest BCUT2D eigenvalue weighted by molar-refractivity contribution is 0.238. The summed E-state index contributed by atoms with van der Waals surface area (Å²) in [6.45, 7) is 7.44. The molecule has 0 aromatic carbocycles. The lowest BCUT2D eigenvalue weighted by atomic mass is 9.95. The van der Waals surface area contributed by atoms with Crippen LogP contribution in [0.1, 0.15) is 33.1 Å². The SMILES string of the molecule is CC1CCCCN1S(=O)(=O)N1CC2CNCC2C1C. The quantitative estimate of drug-likeness (QED) is 0.811. The summed E-state index contributed by atoms with van der Waals surface area (Å²) < 4.78 is 29.2. The highest BCUT2D eigenvalue weighted by Crippen LogP contribution is 2.36. The van der Waals surface area contributed by atoms with Crippen LogP contribution in [0, 0.1) is 11.8 Å². The van der Waals surface area contributed by atoms with Crippen molar-refractivity contribution >= 4 is 10.2 Å². The van der Waals surface area contributed by atoms with Gasteiger partial charge in [0, 0.05) is 25.2 Å². The van der Waals surface area contributed by atoms with Crippen LogP contribution in [0.3, 0.4) is 0 Å². The first-order valence-electron chi connectivity index (χ1n) is 7.51. The third-order valence-electron chi connectivity index (χ3n) is 5.22. The molecule has 3 rings (SSSR count). The highest BCUT2D eigenvalue weighted by molar-refractivity contribution is 7.86. The fraction of sp³-hybridized carbons (Fsp3) is 1.00. The van der Waals surface area contributed by atoms with Crippen molar-refractivity contribution < 1.29 is 8.42 Å². The predicted octanol–water partition coefficient (Wildman–Crippen LogP) is 0.645. The first-order valence-corrected chi connectivity index (χ1v) is 8.91. The molecule has 0 aliphatic carbocycles. The zero-order chi connectivity index (χ0) is 13.6. The Morgan fingerprint density at radius 3 is 2.58 bits per heavy atom. The summed E-state index contributed by atoms with van der Waals surface area (Å²) in [5.74, 6) is 1.000. The average Bonchev–Trinajstić information content (AvgIpc) is 2.93. The molecule has 0 bridgehead atoms. The Balaban J connectivity index is 1.81. The number of piperidine rings is 1. The molecule has 3 heterocycles. The number of hydrogen-bond donors (Lipinski definition) is 1. The van der Waals surface area contributed by atoms with Crippen LogP contribution in [-0.4, -0.2) is 55.3 Å². The van der Waals surface area contributed by atoms with Crippen molar-refractivity contribution in [2.24, 2.45) is 11.8 Å². The Bertz CT molecular complexity index is 439. The third kappa shape index (κ3) is 2.22. The second-order valence-electron chi connectivity index (χ2n) is 6.36. The molecule has 0 amide bonds. The van der Waals surface area contributed by atoms with Gasteiger partial charge in [-0.25, -0.2) is 0 Å². The number of fused-ring (bicyclic) bond motifs is 1. The molecule has 3 aliphatic heterocycles. The van der Waals surface area contributed by atoms with E-state index in [0.29, 0.717) is 24.9 Å². The summed E-state index contributed by atoms with van der Waals surface area (Å²) in [4.78, 5) is 0. The standard InChI is InChI=1S/C13H25N3O2S/c1-10-5-3-4-6-15(10)19(17,18)16-9-12-7-14-8-13(12)11(16)2/h10-14H,3-9H2,1-2H3. The van der Waals surface area contributed by atoms with Crippen molar-refractivity contribution in [3.8, 4) is 0 Å². The minimum absolute atomic E-state index is 0.138. The van der Waals surface area contributed by atoms with Gasteiger partial charge < -0.3 is 5.32 Å². The van der Waals surface area contributed by atoms with E-state index < -0.39 is 10.2 Å². The van der Waals surface area contributed by atoms with Crippen molar-refractivity contribution in [3.63, 3.8) is 0 Å². The van der Waals surface area contributed by atoms with Gasteiger partial charge in [0.2, 0.25) is 0 Å². The molecule has 3 saturated heterocycles. The lowest BCUT2D eigenvalue weighted by Crippen LogP contribution is -2.51. The summed E-state index contributed by atoms with van der Waals surface area (Å²) in [6, 6.07) is 0.295. The maximum atomic E-state index is 12.9. The minimum Gasteiger partial charge on any atom is -0.316 e. The number of hydrogen-bond acceptors (Lipinski definition) is 3. The predicted molar refractivity (Wildman–Crippen MR) is 75.0 cm³/mol. The van der Waals surface area contributed by atoms with Crippen molar-refractivity contribution in [2.75, 3.05) is 26.2 Å². The van der Waals surface area contributed by atoms with Crippen LogP contribution in [0.5, 0.6) is 0 Å². The zero-order valence-electron chi connectivity index (χ0n) is 11.9. The van der Waals surface area contributed by atoms with Crippen molar-refractivity contribution in [1.29, 1.82) is 0 Å². The molecule has 19 heavy (non-hydrogen) atoms. The fourth-order valence-electron chi connectivity index (χ4n) is 3.98. The molecule has 0 spiro atoms. The molecule has 0 radical (unpaired) electrons. The molecule has 4 unspecified atom stereocenters. The smallest absolute Gasteiger partial charge is 0.282 e. The number of nitrogens with one attached hydrogen (secondary N) is 1. The van der Waals surface area contributed by atoms with E-state index in [0.717, 1.165) is 32.4 Å². The van der Waals surface area contributed by atoms with Crippen LogP contribution >= 0.6 is 0 Å². The molecule has 0 aromatic heterocycles. The molecular weight excluding hydrogens is 262 g/mol. The van der Waals surface area contributed by atoms with E-state index in [9.17, 15) is 8.42 Å². The largest absolute Gasteiger partial charge is 0.316 e. The van der Waals surface area contributed by atoms with Gasteiger partial charge in [-0.3, -0.25) is 0 Å². The highest BCUT2D eigenvalue weighted by Gasteiger charge is 2.48. The van der Waals surface area contributed by atoms with Gasteiger partial charge in [-0.15, -0.1) is 0 Å². The monoisotopic (exact) mass is 287 g/mol. The third-order valence-corrected chi connectivity index (χ3v) is 7.42. The van der Waals surface area contributed by atoms with Gasteiger partial charge in [-0.1, -0.05) is 6.42 Å². The first-order chi connectivity index (χ1) is 9.01. The Labute approximate surface area is 116 Å². The van der Waals surface area contributed by atoms with Gasteiger partial charge in [0.25, 0.3) is 10.2 Å². The zero-order valence-corrected chi connectivity index (χ0v) is 12.7. The molecule has 0 saturated carbocycles. The maximum Gasteiger partial charge on any atom is 0.282 e. The molecule has 4 atom stereocenters. The van der Waals surface area contributed by atoms with Crippen LogP contribution in [-0.2, 0) is 10.2 Å². The van der Waals surface area contributed by atoms with Crippen LogP contribution < -0.4 is 5.32 Å². The molecule has 1 N–H and O–H groups in total. The van der Waals surface area contributed by atoms with E-state index in [-0.39, 0.29) is 12.1 Å². The molecule has 5 nitrogen and oxygen atoms in total. The Kier molecular flexibility index (Phi) is 3.62. The molecule has 110 valence electrons. The Morgan fingerprint density at radius 1 is 1.11 bits per heavy atom. The molecular formula is C13H25N3O2S. The van der Waals surface area contributed by atoms with Gasteiger partial charge in [-0.2, -0.15) is 17.0 Å². The molecule has 3 fully saturated rings. The van der Waals surface area contributed by atoms with Gasteiger partial charge >= 0.3 is 0 Å². The van der Waals surface area contributed by atoms with Crippen LogP contribution in [0.2, 0.25) is 0 Å². The Morgan fingerprint density at radius 2 is 1.89 bits per heavy atom. The molecule has 6 heteroatoms. The molecule has 3 aliphatic rings. The van der Waals surface area contributed by atoms with Gasteiger partial charge in [0.15, 0.2) is 0 Å². The lowest BCUT2D eigenvalue weighted by Gasteiger charge is -2.37. The van der Waals surface area contributed by atoms with Crippen molar-refractivity contribution in [3.05, 3.63) is 0 Å². The summed E-state index contributed by atoms with van der Waals surface area (Å²) in [5, 5.41) is 3.38. The van der Waals surface area contributed by atoms with Crippen LogP contribution in [0.15, 0.2) is 0 Å². The average molecular weight is 287 g/mol. The summed E-state index contributed by atoms with van der Waals surface area (Å²) in [6.07, 6.45) is 3.15. The topological polar surface area (TPSA) is 52.7 Å². The number of nitrogens with zero attached hydrogens (tertiary/aromatic N) is 2. The van der Waals surface area contributed by atoms with Crippen LogP contribution in [0.4, 0.5) is 0 Å². The van der Waals surface area contributed by atoms with Crippen molar-refractivity contribution in [1.82, 2.24) is 13.9 Å². The summed E-state index contributed by atoms with van der Waals surface area (Å²) in [5.41, 5.74) is 0. The minimum atomic E-state index is -3.26. The first kappa shape index (κ1) is 13.8. The molecule has 0 aromatic rings. The maximum absolute atomic E-state index is 12.9.